The fraction of sp³-hybridized carbons (Fsp3) is 0.419. The molecule has 3 N–H and O–H groups in total. The zero-order valence-corrected chi connectivity index (χ0v) is 26.5. The highest BCUT2D eigenvalue weighted by atomic mass is 35.5. The number of aromatic nitrogens is 2. The average molecular weight is 614 g/mol. The topological polar surface area (TPSA) is 117 Å². The van der Waals surface area contributed by atoms with Gasteiger partial charge in [-0.2, -0.15) is 0 Å². The summed E-state index contributed by atoms with van der Waals surface area (Å²) in [6.45, 7) is 18.3. The van der Waals surface area contributed by atoms with E-state index in [0.29, 0.717) is 49.7 Å². The molecule has 1 aromatic carbocycles. The van der Waals surface area contributed by atoms with E-state index in [2.05, 4.69) is 33.2 Å². The fourth-order valence-electron chi connectivity index (χ4n) is 4.51. The van der Waals surface area contributed by atoms with Crippen LogP contribution in [0.15, 0.2) is 65.6 Å². The number of piperidine rings is 1. The van der Waals surface area contributed by atoms with Gasteiger partial charge < -0.3 is 20.1 Å². The summed E-state index contributed by atoms with van der Waals surface area (Å²) >= 11 is 7.54. The largest absolute Gasteiger partial charge is 0.444 e. The Labute approximate surface area is 257 Å². The van der Waals surface area contributed by atoms with Crippen LogP contribution in [0.5, 0.6) is 0 Å². The molecule has 1 aliphatic heterocycles. The van der Waals surface area contributed by atoms with Gasteiger partial charge in [-0.3, -0.25) is 9.52 Å². The number of nitrogens with one attached hydrogen (secondary N) is 2. The number of ether oxygens (including phenoxy) is 1. The second-order valence-corrected chi connectivity index (χ2v) is 12.7. The van der Waals surface area contributed by atoms with E-state index in [1.807, 2.05) is 40.7 Å². The first-order valence-electron chi connectivity index (χ1n) is 13.7. The number of anilines is 1. The number of rotatable bonds is 10. The number of nitrogens with zero attached hydrogens (tertiary/aromatic N) is 3. The second-order valence-electron chi connectivity index (χ2n) is 11.5. The van der Waals surface area contributed by atoms with E-state index in [0.717, 1.165) is 21.6 Å². The number of benzene rings is 1. The number of allylic oxidation sites excluding steroid dienone is 4. The lowest BCUT2D eigenvalue weighted by atomic mass is 9.79. The zero-order chi connectivity index (χ0) is 31.1. The van der Waals surface area contributed by atoms with E-state index in [1.54, 1.807) is 35.2 Å². The van der Waals surface area contributed by atoms with Crippen LogP contribution in [0.2, 0.25) is 5.15 Å². The minimum absolute atomic E-state index is 0.0918. The predicted octanol–water partition coefficient (Wildman–Crippen LogP) is 6.52. The number of aliphatic hydroxyl groups excluding tert-OH is 1. The molecule has 0 aliphatic carbocycles. The van der Waals surface area contributed by atoms with Crippen molar-refractivity contribution in [3.8, 4) is 0 Å². The third-order valence-electron chi connectivity index (χ3n) is 6.87. The van der Waals surface area contributed by atoms with Gasteiger partial charge in [-0.1, -0.05) is 36.9 Å². The highest BCUT2D eigenvalue weighted by Crippen LogP contribution is 2.32. The average Bonchev–Trinajstić information content (AvgIpc) is 2.94. The molecule has 1 fully saturated rings. The lowest BCUT2D eigenvalue weighted by Crippen LogP contribution is -2.50. The van der Waals surface area contributed by atoms with Gasteiger partial charge >= 0.3 is 6.09 Å². The maximum absolute atomic E-state index is 13.1. The summed E-state index contributed by atoms with van der Waals surface area (Å²) in [6.07, 6.45) is 2.49. The van der Waals surface area contributed by atoms with Crippen LogP contribution in [0.4, 0.5) is 10.7 Å². The quantitative estimate of drug-likeness (QED) is 0.157. The molecule has 11 heteroatoms. The lowest BCUT2D eigenvalue weighted by molar-refractivity contribution is -0.0000376. The summed E-state index contributed by atoms with van der Waals surface area (Å²) in [6, 6.07) is 8.82. The lowest BCUT2D eigenvalue weighted by Gasteiger charge is -2.41. The first kappa shape index (κ1) is 33.2. The van der Waals surface area contributed by atoms with Gasteiger partial charge in [-0.05, 0) is 88.8 Å². The van der Waals surface area contributed by atoms with Gasteiger partial charge in [0.05, 0.1) is 12.3 Å². The highest BCUT2D eigenvalue weighted by molar-refractivity contribution is 8.00. The maximum Gasteiger partial charge on any atom is 0.410 e. The van der Waals surface area contributed by atoms with Crippen LogP contribution in [0.25, 0.3) is 5.57 Å². The molecule has 1 saturated heterocycles. The number of aliphatic hydroxyl groups is 1. The number of carbonyl (C=O) groups excluding carboxylic acids is 2. The minimum Gasteiger partial charge on any atom is -0.444 e. The Morgan fingerprint density at radius 3 is 2.50 bits per heavy atom. The van der Waals surface area contributed by atoms with Crippen LogP contribution in [0.3, 0.4) is 0 Å². The number of likely N-dealkylation sites (tertiary alicyclic amines) is 1. The van der Waals surface area contributed by atoms with Crippen LogP contribution in [0, 0.1) is 5.41 Å². The highest BCUT2D eigenvalue weighted by Gasteiger charge is 2.37. The molecule has 0 unspecified atom stereocenters. The smallest absolute Gasteiger partial charge is 0.410 e. The molecule has 1 aromatic heterocycles. The third-order valence-corrected chi connectivity index (χ3v) is 7.84. The Hall–Kier alpha value is -3.34. The molecule has 9 nitrogen and oxygen atoms in total. The van der Waals surface area contributed by atoms with Crippen molar-refractivity contribution in [3.05, 3.63) is 77.1 Å². The standard InChI is InChI=1S/C31H40ClN5O4S/c1-8-21(4)26(20(2)3)24-17-25(32)35-28(34-24)36-42-23-11-9-10-22(16-23)27(39)33-18-31(19-38)12-14-37(15-13-31)29(40)41-30(5,6)7/h8-11,16-17,38H,1-2,12-15,18-19H2,3-7H3,(H,33,39)(H,34,35,36)/b26-21+. The normalized spacial score (nSPS) is 15.4. The van der Waals surface area contributed by atoms with Crippen molar-refractivity contribution >= 4 is 47.1 Å². The van der Waals surface area contributed by atoms with E-state index >= 15 is 0 Å². The van der Waals surface area contributed by atoms with Gasteiger partial charge in [0.25, 0.3) is 5.91 Å². The Balaban J connectivity index is 1.62. The van der Waals surface area contributed by atoms with E-state index in [-0.39, 0.29) is 23.8 Å². The van der Waals surface area contributed by atoms with Crippen LogP contribution >= 0.6 is 23.5 Å². The summed E-state index contributed by atoms with van der Waals surface area (Å²) in [4.78, 5) is 36.8. The molecule has 0 spiro atoms. The molecule has 0 radical (unpaired) electrons. The van der Waals surface area contributed by atoms with Gasteiger partial charge in [0.15, 0.2) is 0 Å². The van der Waals surface area contributed by atoms with Crippen LogP contribution in [-0.2, 0) is 4.74 Å². The molecular weight excluding hydrogens is 574 g/mol. The summed E-state index contributed by atoms with van der Waals surface area (Å²) in [5.74, 6) is 0.0628. The number of carbonyl (C=O) groups is 2. The van der Waals surface area contributed by atoms with E-state index < -0.39 is 11.0 Å². The van der Waals surface area contributed by atoms with E-state index in [1.165, 1.54) is 11.9 Å². The van der Waals surface area contributed by atoms with Crippen LogP contribution in [0.1, 0.15) is 63.5 Å². The van der Waals surface area contributed by atoms with Gasteiger partial charge in [-0.15, -0.1) is 0 Å². The molecule has 0 bridgehead atoms. The first-order chi connectivity index (χ1) is 19.8. The summed E-state index contributed by atoms with van der Waals surface area (Å²) in [7, 11) is 0. The molecule has 0 saturated carbocycles. The minimum atomic E-state index is -0.570. The Morgan fingerprint density at radius 2 is 1.90 bits per heavy atom. The first-order valence-corrected chi connectivity index (χ1v) is 14.9. The van der Waals surface area contributed by atoms with Crippen molar-refractivity contribution in [1.29, 1.82) is 0 Å². The Bertz CT molecular complexity index is 1360. The fourth-order valence-corrected chi connectivity index (χ4v) is 5.32. The number of hydrogen-bond donors (Lipinski definition) is 3. The second kappa shape index (κ2) is 14.2. The summed E-state index contributed by atoms with van der Waals surface area (Å²) in [5, 5.41) is 13.4. The van der Waals surface area contributed by atoms with E-state index in [9.17, 15) is 14.7 Å². The van der Waals surface area contributed by atoms with Crippen molar-refractivity contribution in [3.63, 3.8) is 0 Å². The monoisotopic (exact) mass is 613 g/mol. The maximum atomic E-state index is 13.1. The van der Waals surface area contributed by atoms with Gasteiger partial charge in [0.2, 0.25) is 5.95 Å². The SMILES string of the molecule is C=C/C(C)=C(\C(=C)C)c1cc(Cl)nc(NSc2cccc(C(=O)NCC3(CO)CCN(C(=O)OC(C)(C)C)CC3)c2)n1. The predicted molar refractivity (Wildman–Crippen MR) is 169 cm³/mol. The molecule has 42 heavy (non-hydrogen) atoms. The molecule has 1 aliphatic rings. The Morgan fingerprint density at radius 1 is 1.21 bits per heavy atom. The van der Waals surface area contributed by atoms with Gasteiger partial charge in [-0.25, -0.2) is 14.8 Å². The number of amides is 2. The van der Waals surface area contributed by atoms with Crippen molar-refractivity contribution in [2.24, 2.45) is 5.41 Å². The van der Waals surface area contributed by atoms with Crippen molar-refractivity contribution in [2.75, 3.05) is 31.0 Å². The molecule has 2 heterocycles. The van der Waals surface area contributed by atoms with Gasteiger partial charge in [0, 0.05) is 47.1 Å². The van der Waals surface area contributed by atoms with Crippen molar-refractivity contribution < 1.29 is 19.4 Å². The summed E-state index contributed by atoms with van der Waals surface area (Å²) in [5.41, 5.74) is 2.62. The molecule has 0 atom stereocenters. The zero-order valence-electron chi connectivity index (χ0n) is 24.9. The van der Waals surface area contributed by atoms with Crippen LogP contribution in [-0.4, -0.2) is 63.8 Å². The Kier molecular flexibility index (Phi) is 11.2. The number of halogens is 1. The van der Waals surface area contributed by atoms with Gasteiger partial charge in [0.1, 0.15) is 10.8 Å². The molecule has 2 aromatic rings. The molecule has 3 rings (SSSR count). The third kappa shape index (κ3) is 9.08. The van der Waals surface area contributed by atoms with Crippen molar-refractivity contribution in [1.82, 2.24) is 20.2 Å². The van der Waals surface area contributed by atoms with Crippen molar-refractivity contribution in [2.45, 2.75) is 58.0 Å². The van der Waals surface area contributed by atoms with E-state index in [4.69, 9.17) is 16.3 Å². The molecule has 226 valence electrons. The molecule has 2 amide bonds. The van der Waals surface area contributed by atoms with Crippen LogP contribution < -0.4 is 10.0 Å². The molecular formula is C31H40ClN5O4S. The summed E-state index contributed by atoms with van der Waals surface area (Å²) < 4.78 is 8.57. The number of hydrogen-bond acceptors (Lipinski definition) is 8.